The summed E-state index contributed by atoms with van der Waals surface area (Å²) in [6, 6.07) is 3.94. The molecule has 1 N–H and O–H groups in total. The van der Waals surface area contributed by atoms with Crippen LogP contribution in [0.25, 0.3) is 0 Å². The highest BCUT2D eigenvalue weighted by Gasteiger charge is 2.35. The van der Waals surface area contributed by atoms with Gasteiger partial charge in [0.2, 0.25) is 0 Å². The Bertz CT molecular complexity index is 594. The summed E-state index contributed by atoms with van der Waals surface area (Å²) in [4.78, 5) is 12.7. The summed E-state index contributed by atoms with van der Waals surface area (Å²) in [5.41, 5.74) is -0.889. The first-order valence-corrected chi connectivity index (χ1v) is 7.62. The lowest BCUT2D eigenvalue weighted by atomic mass is 10.2. The van der Waals surface area contributed by atoms with Gasteiger partial charge in [0.25, 0.3) is 0 Å². The molecular weight excluding hydrogens is 317 g/mol. The third-order valence-corrected chi connectivity index (χ3v) is 3.96. The predicted molar refractivity (Wildman–Crippen MR) is 75.5 cm³/mol. The van der Waals surface area contributed by atoms with Gasteiger partial charge in [0, 0.05) is 23.3 Å². The van der Waals surface area contributed by atoms with Gasteiger partial charge in [-0.05, 0) is 24.3 Å². The maximum atomic E-state index is 12.6. The molecule has 0 spiro atoms. The topological polar surface area (TPSA) is 55.0 Å². The van der Waals surface area contributed by atoms with Crippen LogP contribution in [0.5, 0.6) is 0 Å². The molecule has 0 radical (unpaired) electrons. The number of thiophene rings is 1. The Labute approximate surface area is 129 Å². The summed E-state index contributed by atoms with van der Waals surface area (Å²) < 4.78 is 42.7. The molecule has 0 aliphatic carbocycles. The number of esters is 1. The van der Waals surface area contributed by atoms with E-state index in [9.17, 15) is 18.0 Å². The minimum absolute atomic E-state index is 0.00103. The third-order valence-electron chi connectivity index (χ3n) is 3.02. The van der Waals surface area contributed by atoms with E-state index in [-0.39, 0.29) is 25.0 Å². The molecule has 0 fully saturated rings. The first kappa shape index (κ1) is 16.5. The number of aromatic nitrogens is 2. The third kappa shape index (κ3) is 4.87. The van der Waals surface area contributed by atoms with E-state index in [1.165, 1.54) is 4.88 Å². The van der Waals surface area contributed by atoms with Crippen molar-refractivity contribution in [1.82, 2.24) is 10.2 Å². The van der Waals surface area contributed by atoms with Gasteiger partial charge >= 0.3 is 12.1 Å². The summed E-state index contributed by atoms with van der Waals surface area (Å²) in [5, 5.41) is 7.27. The van der Waals surface area contributed by atoms with Gasteiger partial charge < -0.3 is 4.74 Å². The minimum Gasteiger partial charge on any atom is -0.465 e. The fourth-order valence-electron chi connectivity index (χ4n) is 1.95. The normalized spacial score (nSPS) is 11.6. The Balaban J connectivity index is 1.68. The van der Waals surface area contributed by atoms with Gasteiger partial charge in [-0.3, -0.25) is 9.89 Å². The summed E-state index contributed by atoms with van der Waals surface area (Å²) >= 11 is 1.63. The van der Waals surface area contributed by atoms with Crippen molar-refractivity contribution in [2.24, 2.45) is 0 Å². The van der Waals surface area contributed by atoms with Gasteiger partial charge in [-0.1, -0.05) is 6.07 Å². The standard InChI is InChI=1S/C14H15F3N2O2S/c15-14(16,17)13-10(9-18-19-13)6-7-21-12(20)5-1-3-11-4-2-8-22-11/h2,4,8-9H,1,3,5-7H2,(H,18,19). The quantitative estimate of drug-likeness (QED) is 0.788. The number of aryl methyl sites for hydroxylation is 1. The van der Waals surface area contributed by atoms with E-state index in [0.29, 0.717) is 6.42 Å². The van der Waals surface area contributed by atoms with Gasteiger partial charge in [0.05, 0.1) is 12.8 Å². The van der Waals surface area contributed by atoms with Crippen LogP contribution in [-0.2, 0) is 28.5 Å². The van der Waals surface area contributed by atoms with Crippen LogP contribution in [0.2, 0.25) is 0 Å². The Morgan fingerprint density at radius 1 is 1.36 bits per heavy atom. The van der Waals surface area contributed by atoms with Gasteiger partial charge in [0.1, 0.15) is 5.69 Å². The molecule has 22 heavy (non-hydrogen) atoms. The number of nitrogens with zero attached hydrogens (tertiary/aromatic N) is 1. The molecule has 4 nitrogen and oxygen atoms in total. The molecule has 120 valence electrons. The molecule has 0 aliphatic rings. The molecule has 2 aromatic rings. The van der Waals surface area contributed by atoms with Gasteiger partial charge in [-0.2, -0.15) is 18.3 Å². The summed E-state index contributed by atoms with van der Waals surface area (Å²) in [7, 11) is 0. The number of alkyl halides is 3. The number of H-pyrrole nitrogens is 1. The van der Waals surface area contributed by atoms with Crippen LogP contribution in [0, 0.1) is 0 Å². The van der Waals surface area contributed by atoms with Crippen molar-refractivity contribution in [1.29, 1.82) is 0 Å². The van der Waals surface area contributed by atoms with Crippen LogP contribution >= 0.6 is 11.3 Å². The number of aromatic amines is 1. The van der Waals surface area contributed by atoms with E-state index in [0.717, 1.165) is 12.6 Å². The van der Waals surface area contributed by atoms with Crippen molar-refractivity contribution in [2.45, 2.75) is 31.9 Å². The molecule has 8 heteroatoms. The Kier molecular flexibility index (Phi) is 5.59. The number of hydrogen-bond acceptors (Lipinski definition) is 4. The Morgan fingerprint density at radius 3 is 2.86 bits per heavy atom. The molecule has 0 saturated carbocycles. The lowest BCUT2D eigenvalue weighted by Gasteiger charge is -2.07. The van der Waals surface area contributed by atoms with E-state index >= 15 is 0 Å². The molecule has 2 aromatic heterocycles. The number of halogens is 3. The van der Waals surface area contributed by atoms with Gasteiger partial charge in [-0.15, -0.1) is 11.3 Å². The average molecular weight is 332 g/mol. The van der Waals surface area contributed by atoms with Gasteiger partial charge in [0.15, 0.2) is 0 Å². The van der Waals surface area contributed by atoms with Crippen LogP contribution in [0.1, 0.15) is 29.0 Å². The van der Waals surface area contributed by atoms with Crippen LogP contribution in [0.4, 0.5) is 13.2 Å². The molecule has 0 unspecified atom stereocenters. The van der Waals surface area contributed by atoms with Gasteiger partial charge in [-0.25, -0.2) is 0 Å². The number of ether oxygens (including phenoxy) is 1. The van der Waals surface area contributed by atoms with E-state index in [4.69, 9.17) is 4.74 Å². The molecule has 2 rings (SSSR count). The Morgan fingerprint density at radius 2 is 2.18 bits per heavy atom. The van der Waals surface area contributed by atoms with Crippen molar-refractivity contribution in [2.75, 3.05) is 6.61 Å². The second-order valence-electron chi connectivity index (χ2n) is 4.67. The molecule has 0 amide bonds. The van der Waals surface area contributed by atoms with Crippen LogP contribution in [0.3, 0.4) is 0 Å². The number of carbonyl (C=O) groups excluding carboxylic acids is 1. The predicted octanol–water partition coefficient (Wildman–Crippen LogP) is 3.60. The monoisotopic (exact) mass is 332 g/mol. The number of nitrogens with one attached hydrogen (secondary N) is 1. The SMILES string of the molecule is O=C(CCCc1cccs1)OCCc1cn[nH]c1C(F)(F)F. The average Bonchev–Trinajstić information content (AvgIpc) is 3.08. The van der Waals surface area contributed by atoms with Crippen molar-refractivity contribution < 1.29 is 22.7 Å². The number of hydrogen-bond donors (Lipinski definition) is 1. The van der Waals surface area contributed by atoms with E-state index in [2.05, 4.69) is 5.10 Å². The zero-order chi connectivity index (χ0) is 16.0. The summed E-state index contributed by atoms with van der Waals surface area (Å²) in [6.07, 6.45) is -1.66. The molecule has 0 bridgehead atoms. The van der Waals surface area contributed by atoms with Crippen molar-refractivity contribution >= 4 is 17.3 Å². The smallest absolute Gasteiger partial charge is 0.433 e. The molecule has 0 saturated heterocycles. The second-order valence-corrected chi connectivity index (χ2v) is 5.70. The maximum absolute atomic E-state index is 12.6. The minimum atomic E-state index is -4.48. The van der Waals surface area contributed by atoms with Crippen molar-refractivity contribution in [3.63, 3.8) is 0 Å². The van der Waals surface area contributed by atoms with Crippen molar-refractivity contribution in [3.8, 4) is 0 Å². The highest BCUT2D eigenvalue weighted by molar-refractivity contribution is 7.09. The number of rotatable bonds is 7. The zero-order valence-corrected chi connectivity index (χ0v) is 12.5. The zero-order valence-electron chi connectivity index (χ0n) is 11.7. The maximum Gasteiger partial charge on any atom is 0.433 e. The lowest BCUT2D eigenvalue weighted by Crippen LogP contribution is -2.12. The summed E-state index contributed by atoms with van der Waals surface area (Å²) in [6.45, 7) is -0.0829. The Hall–Kier alpha value is -1.83. The van der Waals surface area contributed by atoms with Crippen LogP contribution in [-0.4, -0.2) is 22.8 Å². The highest BCUT2D eigenvalue weighted by atomic mass is 32.1. The summed E-state index contributed by atoms with van der Waals surface area (Å²) in [5.74, 6) is -0.395. The fraction of sp³-hybridized carbons (Fsp3) is 0.429. The first-order valence-electron chi connectivity index (χ1n) is 6.74. The molecule has 2 heterocycles. The second kappa shape index (κ2) is 7.44. The molecular formula is C14H15F3N2O2S. The molecule has 0 atom stereocenters. The van der Waals surface area contributed by atoms with Crippen LogP contribution in [0.15, 0.2) is 23.7 Å². The largest absolute Gasteiger partial charge is 0.465 e. The first-order chi connectivity index (χ1) is 10.5. The van der Waals surface area contributed by atoms with Crippen molar-refractivity contribution in [3.05, 3.63) is 39.8 Å². The van der Waals surface area contributed by atoms with E-state index < -0.39 is 17.8 Å². The van der Waals surface area contributed by atoms with Crippen LogP contribution < -0.4 is 0 Å². The van der Waals surface area contributed by atoms with E-state index in [1.807, 2.05) is 22.6 Å². The highest BCUT2D eigenvalue weighted by Crippen LogP contribution is 2.30. The molecule has 0 aliphatic heterocycles. The fourth-order valence-corrected chi connectivity index (χ4v) is 2.71. The molecule has 0 aromatic carbocycles. The number of carbonyl (C=O) groups is 1. The van der Waals surface area contributed by atoms with E-state index in [1.54, 1.807) is 11.3 Å². The lowest BCUT2D eigenvalue weighted by molar-refractivity contribution is -0.143.